The van der Waals surface area contributed by atoms with Crippen LogP contribution in [-0.2, 0) is 14.3 Å². The Kier molecular flexibility index (Phi) is 6.92. The molecule has 0 aromatic carbocycles. The predicted molar refractivity (Wildman–Crippen MR) is 78.0 cm³/mol. The largest absolute Gasteiger partial charge is 0.480 e. The first-order chi connectivity index (χ1) is 9.52. The van der Waals surface area contributed by atoms with E-state index >= 15 is 0 Å². The van der Waals surface area contributed by atoms with Gasteiger partial charge in [0.05, 0.1) is 18.8 Å². The first-order valence-corrected chi connectivity index (χ1v) is 7.72. The lowest BCUT2D eigenvalue weighted by Crippen LogP contribution is -2.43. The molecule has 5 heteroatoms. The number of aliphatic carboxylic acids is 1. The van der Waals surface area contributed by atoms with Gasteiger partial charge < -0.3 is 14.6 Å². The van der Waals surface area contributed by atoms with E-state index in [4.69, 9.17) is 14.6 Å². The van der Waals surface area contributed by atoms with Gasteiger partial charge in [0.25, 0.3) is 0 Å². The average Bonchev–Trinajstić information content (AvgIpc) is 2.93. The van der Waals surface area contributed by atoms with Crippen molar-refractivity contribution in [2.75, 3.05) is 26.3 Å². The third-order valence-electron chi connectivity index (χ3n) is 3.90. The highest BCUT2D eigenvalue weighted by Gasteiger charge is 2.49. The number of carboxylic acid groups (broad SMARTS) is 1. The molecule has 118 valence electrons. The molecular formula is C15H29NO4. The Balaban J connectivity index is 0.000000956. The molecule has 0 spiro atoms. The smallest absolute Gasteiger partial charge is 0.329 e. The van der Waals surface area contributed by atoms with Gasteiger partial charge in [-0.05, 0) is 39.7 Å². The van der Waals surface area contributed by atoms with E-state index in [1.807, 2.05) is 27.7 Å². The second-order valence-corrected chi connectivity index (χ2v) is 5.66. The molecule has 0 amide bonds. The van der Waals surface area contributed by atoms with Crippen molar-refractivity contribution in [1.29, 1.82) is 0 Å². The van der Waals surface area contributed by atoms with Crippen molar-refractivity contribution in [2.24, 2.45) is 0 Å². The van der Waals surface area contributed by atoms with E-state index in [0.717, 1.165) is 32.5 Å². The van der Waals surface area contributed by atoms with Gasteiger partial charge in [-0.1, -0.05) is 13.8 Å². The molecule has 0 saturated carbocycles. The summed E-state index contributed by atoms with van der Waals surface area (Å²) in [5, 5.41) is 8.65. The number of nitrogens with zero attached hydrogens (tertiary/aromatic N) is 1. The third-order valence-corrected chi connectivity index (χ3v) is 3.90. The summed E-state index contributed by atoms with van der Waals surface area (Å²) in [6.45, 7) is 10.5. The fraction of sp³-hybridized carbons (Fsp3) is 0.933. The van der Waals surface area contributed by atoms with Crippen LogP contribution in [0.4, 0.5) is 0 Å². The van der Waals surface area contributed by atoms with Gasteiger partial charge in [-0.3, -0.25) is 4.90 Å². The molecule has 2 fully saturated rings. The van der Waals surface area contributed by atoms with Gasteiger partial charge in [-0.2, -0.15) is 0 Å². The lowest BCUT2D eigenvalue weighted by molar-refractivity contribution is -0.144. The predicted octanol–water partition coefficient (Wildman–Crippen LogP) is 2.15. The van der Waals surface area contributed by atoms with Gasteiger partial charge in [0, 0.05) is 12.1 Å². The topological polar surface area (TPSA) is 59.0 Å². The maximum Gasteiger partial charge on any atom is 0.329 e. The van der Waals surface area contributed by atoms with Crippen LogP contribution in [0, 0.1) is 0 Å². The van der Waals surface area contributed by atoms with E-state index < -0.39 is 5.97 Å². The van der Waals surface area contributed by atoms with Crippen LogP contribution in [0.5, 0.6) is 0 Å². The molecule has 2 unspecified atom stereocenters. The van der Waals surface area contributed by atoms with Gasteiger partial charge in [0.1, 0.15) is 6.61 Å². The highest BCUT2D eigenvalue weighted by Crippen LogP contribution is 2.40. The number of hydrogen-bond acceptors (Lipinski definition) is 4. The molecule has 2 aliphatic heterocycles. The zero-order valence-electron chi connectivity index (χ0n) is 13.2. The SMILES string of the molecule is CC.CC(C)OCC12CCCN1CC(OCC(=O)O)C2. The molecule has 2 heterocycles. The fourth-order valence-corrected chi connectivity index (χ4v) is 3.09. The van der Waals surface area contributed by atoms with Crippen molar-refractivity contribution >= 4 is 5.97 Å². The van der Waals surface area contributed by atoms with Crippen molar-refractivity contribution in [3.63, 3.8) is 0 Å². The van der Waals surface area contributed by atoms with Gasteiger partial charge in [0.15, 0.2) is 0 Å². The summed E-state index contributed by atoms with van der Waals surface area (Å²) in [6, 6.07) is 0. The first kappa shape index (κ1) is 17.4. The van der Waals surface area contributed by atoms with Crippen molar-refractivity contribution in [3.8, 4) is 0 Å². The quantitative estimate of drug-likeness (QED) is 0.811. The first-order valence-electron chi connectivity index (χ1n) is 7.72. The van der Waals surface area contributed by atoms with Crippen LogP contribution in [0.2, 0.25) is 0 Å². The Morgan fingerprint density at radius 1 is 1.45 bits per heavy atom. The van der Waals surface area contributed by atoms with Crippen molar-refractivity contribution in [3.05, 3.63) is 0 Å². The van der Waals surface area contributed by atoms with E-state index in [2.05, 4.69) is 4.90 Å². The molecule has 0 radical (unpaired) electrons. The zero-order valence-corrected chi connectivity index (χ0v) is 13.2. The fourth-order valence-electron chi connectivity index (χ4n) is 3.09. The maximum atomic E-state index is 10.5. The van der Waals surface area contributed by atoms with E-state index in [0.29, 0.717) is 0 Å². The Morgan fingerprint density at radius 3 is 2.75 bits per heavy atom. The van der Waals surface area contributed by atoms with Crippen molar-refractivity contribution in [1.82, 2.24) is 4.90 Å². The van der Waals surface area contributed by atoms with Crippen LogP contribution in [-0.4, -0.2) is 60.0 Å². The standard InChI is InChI=1S/C13H23NO4.C2H6/c1-10(2)18-9-13-4-3-5-14(13)7-11(6-13)17-8-12(15)16;1-2/h10-11H,3-9H2,1-2H3,(H,15,16);1-2H3. The maximum absolute atomic E-state index is 10.5. The van der Waals surface area contributed by atoms with Crippen LogP contribution < -0.4 is 0 Å². The minimum atomic E-state index is -0.894. The molecule has 2 saturated heterocycles. The molecule has 0 aliphatic carbocycles. The Hall–Kier alpha value is -0.650. The highest BCUT2D eigenvalue weighted by molar-refractivity contribution is 5.68. The number of fused-ring (bicyclic) bond motifs is 1. The van der Waals surface area contributed by atoms with Crippen LogP contribution in [0.3, 0.4) is 0 Å². The van der Waals surface area contributed by atoms with E-state index in [1.54, 1.807) is 0 Å². The lowest BCUT2D eigenvalue weighted by Gasteiger charge is -2.32. The van der Waals surface area contributed by atoms with E-state index in [1.165, 1.54) is 6.42 Å². The molecule has 2 aliphatic rings. The van der Waals surface area contributed by atoms with Crippen LogP contribution in [0.15, 0.2) is 0 Å². The summed E-state index contributed by atoms with van der Waals surface area (Å²) in [4.78, 5) is 13.0. The third kappa shape index (κ3) is 4.43. The minimum absolute atomic E-state index is 0.0390. The van der Waals surface area contributed by atoms with Crippen LogP contribution >= 0.6 is 0 Å². The number of carbonyl (C=O) groups is 1. The zero-order chi connectivity index (χ0) is 15.2. The molecule has 0 aromatic heterocycles. The normalized spacial score (nSPS) is 29.1. The second kappa shape index (κ2) is 7.96. The monoisotopic (exact) mass is 287 g/mol. The summed E-state index contributed by atoms with van der Waals surface area (Å²) in [6.07, 6.45) is 3.50. The molecular weight excluding hydrogens is 258 g/mol. The Bertz CT molecular complexity index is 308. The average molecular weight is 287 g/mol. The van der Waals surface area contributed by atoms with E-state index in [-0.39, 0.29) is 24.4 Å². The number of ether oxygens (including phenoxy) is 2. The van der Waals surface area contributed by atoms with Gasteiger partial charge in [-0.25, -0.2) is 4.79 Å². The summed E-state index contributed by atoms with van der Waals surface area (Å²) in [5.74, 6) is -0.894. The summed E-state index contributed by atoms with van der Waals surface area (Å²) in [5.41, 5.74) is 0.0907. The van der Waals surface area contributed by atoms with Gasteiger partial charge in [0.2, 0.25) is 0 Å². The number of hydrogen-bond donors (Lipinski definition) is 1. The van der Waals surface area contributed by atoms with E-state index in [9.17, 15) is 4.79 Å². The number of carboxylic acids is 1. The molecule has 1 N–H and O–H groups in total. The molecule has 0 aromatic rings. The second-order valence-electron chi connectivity index (χ2n) is 5.66. The Morgan fingerprint density at radius 2 is 2.15 bits per heavy atom. The molecule has 5 nitrogen and oxygen atoms in total. The number of rotatable bonds is 6. The lowest BCUT2D eigenvalue weighted by atomic mass is 9.94. The van der Waals surface area contributed by atoms with Gasteiger partial charge >= 0.3 is 5.97 Å². The summed E-state index contributed by atoms with van der Waals surface area (Å²) < 4.78 is 11.2. The van der Waals surface area contributed by atoms with Crippen molar-refractivity contribution < 1.29 is 19.4 Å². The van der Waals surface area contributed by atoms with Crippen LogP contribution in [0.1, 0.15) is 47.0 Å². The summed E-state index contributed by atoms with van der Waals surface area (Å²) in [7, 11) is 0. The van der Waals surface area contributed by atoms with Gasteiger partial charge in [-0.15, -0.1) is 0 Å². The highest BCUT2D eigenvalue weighted by atomic mass is 16.5. The Labute approximate surface area is 122 Å². The minimum Gasteiger partial charge on any atom is -0.480 e. The molecule has 2 rings (SSSR count). The molecule has 20 heavy (non-hydrogen) atoms. The van der Waals surface area contributed by atoms with Crippen molar-refractivity contribution in [2.45, 2.75) is 64.7 Å². The summed E-state index contributed by atoms with van der Waals surface area (Å²) >= 11 is 0. The molecule has 2 atom stereocenters. The molecule has 0 bridgehead atoms. The van der Waals surface area contributed by atoms with Crippen LogP contribution in [0.25, 0.3) is 0 Å².